The van der Waals surface area contributed by atoms with E-state index in [-0.39, 0.29) is 5.91 Å². The van der Waals surface area contributed by atoms with E-state index in [1.54, 1.807) is 0 Å². The molecule has 0 spiro atoms. The first-order valence-corrected chi connectivity index (χ1v) is 7.96. The van der Waals surface area contributed by atoms with Gasteiger partial charge in [0, 0.05) is 11.6 Å². The van der Waals surface area contributed by atoms with Gasteiger partial charge in [-0.05, 0) is 49.5 Å². The van der Waals surface area contributed by atoms with Gasteiger partial charge in [-0.25, -0.2) is 0 Å². The maximum absolute atomic E-state index is 12.6. The van der Waals surface area contributed by atoms with Crippen LogP contribution in [0.15, 0.2) is 54.6 Å². The van der Waals surface area contributed by atoms with Crippen LogP contribution in [-0.2, 0) is 6.42 Å². The molecule has 1 aliphatic rings. The smallest absolute Gasteiger partial charge is 0.251 e. The van der Waals surface area contributed by atoms with Crippen molar-refractivity contribution in [1.29, 1.82) is 0 Å². The molecule has 0 radical (unpaired) electrons. The third kappa shape index (κ3) is 3.74. The van der Waals surface area contributed by atoms with Gasteiger partial charge in [-0.3, -0.25) is 4.79 Å². The zero-order valence-corrected chi connectivity index (χ0v) is 12.7. The van der Waals surface area contributed by atoms with Crippen LogP contribution in [0.2, 0.25) is 0 Å². The summed E-state index contributed by atoms with van der Waals surface area (Å²) >= 11 is 0. The van der Waals surface area contributed by atoms with Crippen molar-refractivity contribution in [1.82, 2.24) is 10.6 Å². The zero-order chi connectivity index (χ0) is 15.2. The van der Waals surface area contributed by atoms with E-state index in [0.717, 1.165) is 43.5 Å². The molecule has 1 amide bonds. The van der Waals surface area contributed by atoms with Crippen LogP contribution in [0.3, 0.4) is 0 Å². The van der Waals surface area contributed by atoms with E-state index in [2.05, 4.69) is 22.8 Å². The fraction of sp³-hybridized carbons (Fsp3) is 0.316. The molecule has 0 aliphatic carbocycles. The fourth-order valence-electron chi connectivity index (χ4n) is 2.94. The van der Waals surface area contributed by atoms with Gasteiger partial charge in [0.25, 0.3) is 5.91 Å². The topological polar surface area (TPSA) is 41.1 Å². The lowest BCUT2D eigenvalue weighted by Crippen LogP contribution is -2.42. The van der Waals surface area contributed by atoms with E-state index in [0.29, 0.717) is 6.04 Å². The molecule has 1 fully saturated rings. The van der Waals surface area contributed by atoms with Crippen molar-refractivity contribution in [2.75, 3.05) is 13.1 Å². The Bertz CT molecular complexity index is 618. The largest absolute Gasteiger partial charge is 0.349 e. The van der Waals surface area contributed by atoms with Gasteiger partial charge in [0.2, 0.25) is 0 Å². The molecule has 0 unspecified atom stereocenters. The van der Waals surface area contributed by atoms with Crippen LogP contribution >= 0.6 is 0 Å². The Morgan fingerprint density at radius 2 is 1.68 bits per heavy atom. The number of nitrogens with one attached hydrogen (secondary N) is 2. The van der Waals surface area contributed by atoms with E-state index in [4.69, 9.17) is 0 Å². The summed E-state index contributed by atoms with van der Waals surface area (Å²) in [5.74, 6) is 0.0541. The number of amides is 1. The average molecular weight is 294 g/mol. The number of hydrogen-bond donors (Lipinski definition) is 2. The molecule has 1 saturated heterocycles. The van der Waals surface area contributed by atoms with Gasteiger partial charge in [-0.1, -0.05) is 48.5 Å². The monoisotopic (exact) mass is 294 g/mol. The summed E-state index contributed by atoms with van der Waals surface area (Å²) in [6.07, 6.45) is 2.80. The molecule has 2 aromatic carbocycles. The van der Waals surface area contributed by atoms with Crippen LogP contribution in [0.4, 0.5) is 0 Å². The minimum absolute atomic E-state index is 0.0541. The van der Waals surface area contributed by atoms with Gasteiger partial charge in [-0.2, -0.15) is 0 Å². The number of benzene rings is 2. The first-order chi connectivity index (χ1) is 10.8. The SMILES string of the molecule is O=C(NC1CCNCC1)c1ccccc1Cc1ccccc1. The van der Waals surface area contributed by atoms with E-state index in [9.17, 15) is 4.79 Å². The molecule has 114 valence electrons. The molecule has 0 saturated carbocycles. The van der Waals surface area contributed by atoms with Crippen LogP contribution in [0.5, 0.6) is 0 Å². The summed E-state index contributed by atoms with van der Waals surface area (Å²) in [4.78, 5) is 12.6. The van der Waals surface area contributed by atoms with Gasteiger partial charge in [0.05, 0.1) is 0 Å². The summed E-state index contributed by atoms with van der Waals surface area (Å²) in [5, 5.41) is 6.50. The second kappa shape index (κ2) is 7.23. The highest BCUT2D eigenvalue weighted by atomic mass is 16.1. The maximum Gasteiger partial charge on any atom is 0.251 e. The minimum Gasteiger partial charge on any atom is -0.349 e. The van der Waals surface area contributed by atoms with Crippen molar-refractivity contribution >= 4 is 5.91 Å². The van der Waals surface area contributed by atoms with Crippen molar-refractivity contribution in [2.45, 2.75) is 25.3 Å². The highest BCUT2D eigenvalue weighted by Gasteiger charge is 2.18. The molecule has 2 aromatic rings. The van der Waals surface area contributed by atoms with Crippen molar-refractivity contribution in [2.24, 2.45) is 0 Å². The number of piperidine rings is 1. The lowest BCUT2D eigenvalue weighted by atomic mass is 9.98. The lowest BCUT2D eigenvalue weighted by Gasteiger charge is -2.24. The zero-order valence-electron chi connectivity index (χ0n) is 12.7. The molecule has 1 heterocycles. The molecule has 2 N–H and O–H groups in total. The Morgan fingerprint density at radius 1 is 1.00 bits per heavy atom. The normalized spacial score (nSPS) is 15.5. The Balaban J connectivity index is 1.74. The highest BCUT2D eigenvalue weighted by molar-refractivity contribution is 5.96. The first kappa shape index (κ1) is 14.8. The molecular formula is C19H22N2O. The molecule has 0 aromatic heterocycles. The highest BCUT2D eigenvalue weighted by Crippen LogP contribution is 2.15. The third-order valence-electron chi connectivity index (χ3n) is 4.17. The second-order valence-corrected chi connectivity index (χ2v) is 5.82. The average Bonchev–Trinajstić information content (AvgIpc) is 2.57. The molecular weight excluding hydrogens is 272 g/mol. The van der Waals surface area contributed by atoms with E-state index >= 15 is 0 Å². The summed E-state index contributed by atoms with van der Waals surface area (Å²) in [6, 6.07) is 18.5. The minimum atomic E-state index is 0.0541. The number of hydrogen-bond acceptors (Lipinski definition) is 2. The molecule has 1 aliphatic heterocycles. The predicted octanol–water partition coefficient (Wildman–Crippen LogP) is 2.76. The van der Waals surface area contributed by atoms with Gasteiger partial charge < -0.3 is 10.6 Å². The van der Waals surface area contributed by atoms with Crippen molar-refractivity contribution < 1.29 is 4.79 Å². The van der Waals surface area contributed by atoms with Crippen LogP contribution in [0.1, 0.15) is 34.3 Å². The van der Waals surface area contributed by atoms with Crippen LogP contribution in [0, 0.1) is 0 Å². The van der Waals surface area contributed by atoms with E-state index < -0.39 is 0 Å². The first-order valence-electron chi connectivity index (χ1n) is 7.96. The molecule has 22 heavy (non-hydrogen) atoms. The Hall–Kier alpha value is -2.13. The molecule has 0 bridgehead atoms. The van der Waals surface area contributed by atoms with Gasteiger partial charge >= 0.3 is 0 Å². The predicted molar refractivity (Wildman–Crippen MR) is 89.0 cm³/mol. The third-order valence-corrected chi connectivity index (χ3v) is 4.17. The summed E-state index contributed by atoms with van der Waals surface area (Å²) in [5.41, 5.74) is 3.11. The lowest BCUT2D eigenvalue weighted by molar-refractivity contribution is 0.0928. The van der Waals surface area contributed by atoms with Crippen LogP contribution < -0.4 is 10.6 Å². The standard InChI is InChI=1S/C19H22N2O/c22-19(21-17-10-12-20-13-11-17)18-9-5-4-8-16(18)14-15-6-2-1-3-7-15/h1-9,17,20H,10-14H2,(H,21,22). The van der Waals surface area contributed by atoms with Crippen molar-refractivity contribution in [3.63, 3.8) is 0 Å². The quantitative estimate of drug-likeness (QED) is 0.910. The summed E-state index contributed by atoms with van der Waals surface area (Å²) in [7, 11) is 0. The molecule has 0 atom stereocenters. The maximum atomic E-state index is 12.6. The van der Waals surface area contributed by atoms with E-state index in [1.165, 1.54) is 5.56 Å². The molecule has 3 nitrogen and oxygen atoms in total. The van der Waals surface area contributed by atoms with Crippen molar-refractivity contribution in [3.05, 3.63) is 71.3 Å². The van der Waals surface area contributed by atoms with Gasteiger partial charge in [0.15, 0.2) is 0 Å². The number of carbonyl (C=O) groups excluding carboxylic acids is 1. The van der Waals surface area contributed by atoms with Crippen molar-refractivity contribution in [3.8, 4) is 0 Å². The Kier molecular flexibility index (Phi) is 4.86. The Morgan fingerprint density at radius 3 is 2.45 bits per heavy atom. The molecule has 3 rings (SSSR count). The summed E-state index contributed by atoms with van der Waals surface area (Å²) < 4.78 is 0. The Labute approximate surface area is 131 Å². The number of rotatable bonds is 4. The second-order valence-electron chi connectivity index (χ2n) is 5.82. The van der Waals surface area contributed by atoms with Gasteiger partial charge in [-0.15, -0.1) is 0 Å². The van der Waals surface area contributed by atoms with Gasteiger partial charge in [0.1, 0.15) is 0 Å². The summed E-state index contributed by atoms with van der Waals surface area (Å²) in [6.45, 7) is 1.97. The fourth-order valence-corrected chi connectivity index (χ4v) is 2.94. The number of carbonyl (C=O) groups is 1. The van der Waals surface area contributed by atoms with Crippen LogP contribution in [-0.4, -0.2) is 25.0 Å². The van der Waals surface area contributed by atoms with Crippen LogP contribution in [0.25, 0.3) is 0 Å². The molecule has 3 heteroatoms. The van der Waals surface area contributed by atoms with E-state index in [1.807, 2.05) is 42.5 Å².